The van der Waals surface area contributed by atoms with E-state index in [4.69, 9.17) is 15.2 Å². The van der Waals surface area contributed by atoms with Gasteiger partial charge in [0.1, 0.15) is 18.2 Å². The van der Waals surface area contributed by atoms with E-state index in [0.717, 1.165) is 18.6 Å². The van der Waals surface area contributed by atoms with Gasteiger partial charge in [-0.1, -0.05) is 13.8 Å². The molecule has 0 fully saturated rings. The van der Waals surface area contributed by atoms with Crippen LogP contribution >= 0.6 is 0 Å². The number of benzene rings is 1. The summed E-state index contributed by atoms with van der Waals surface area (Å²) in [4.78, 5) is 0. The first-order valence-electron chi connectivity index (χ1n) is 7.23. The largest absolute Gasteiger partial charge is 0.491 e. The van der Waals surface area contributed by atoms with Crippen LogP contribution in [0.3, 0.4) is 0 Å². The van der Waals surface area contributed by atoms with Gasteiger partial charge in [0.25, 0.3) is 0 Å². The molecule has 0 spiro atoms. The van der Waals surface area contributed by atoms with E-state index in [1.165, 1.54) is 12.1 Å². The lowest BCUT2D eigenvalue weighted by atomic mass is 10.1. The zero-order valence-corrected chi connectivity index (χ0v) is 12.7. The van der Waals surface area contributed by atoms with Crippen molar-refractivity contribution in [1.82, 2.24) is 0 Å². The third-order valence-corrected chi connectivity index (χ3v) is 2.89. The summed E-state index contributed by atoms with van der Waals surface area (Å²) in [5, 5.41) is 0. The molecule has 1 atom stereocenters. The second-order valence-electron chi connectivity index (χ2n) is 5.58. The van der Waals surface area contributed by atoms with Gasteiger partial charge in [-0.05, 0) is 49.4 Å². The Morgan fingerprint density at radius 2 is 1.90 bits per heavy atom. The Morgan fingerprint density at radius 1 is 1.15 bits per heavy atom. The summed E-state index contributed by atoms with van der Waals surface area (Å²) in [5.74, 6) is 1.07. The van der Waals surface area contributed by atoms with Crippen molar-refractivity contribution in [2.24, 2.45) is 11.7 Å². The summed E-state index contributed by atoms with van der Waals surface area (Å²) < 4.78 is 24.4. The van der Waals surface area contributed by atoms with E-state index in [-0.39, 0.29) is 11.9 Å². The number of hydrogen-bond donors (Lipinski definition) is 1. The summed E-state index contributed by atoms with van der Waals surface area (Å²) >= 11 is 0. The van der Waals surface area contributed by atoms with Crippen molar-refractivity contribution in [3.8, 4) is 5.75 Å². The molecule has 1 unspecified atom stereocenters. The molecule has 1 aromatic carbocycles. The molecule has 0 aliphatic carbocycles. The summed E-state index contributed by atoms with van der Waals surface area (Å²) in [6.45, 7) is 7.98. The highest BCUT2D eigenvalue weighted by Crippen LogP contribution is 2.21. The lowest BCUT2D eigenvalue weighted by molar-refractivity contribution is 0.0922. The first kappa shape index (κ1) is 16.9. The summed E-state index contributed by atoms with van der Waals surface area (Å²) in [6, 6.07) is 4.51. The van der Waals surface area contributed by atoms with Gasteiger partial charge in [-0.3, -0.25) is 0 Å². The summed E-state index contributed by atoms with van der Waals surface area (Å²) in [7, 11) is 0. The zero-order valence-electron chi connectivity index (χ0n) is 12.7. The van der Waals surface area contributed by atoms with E-state index in [2.05, 4.69) is 13.8 Å². The number of ether oxygens (including phenoxy) is 2. The van der Waals surface area contributed by atoms with Crippen LogP contribution in [-0.4, -0.2) is 25.9 Å². The van der Waals surface area contributed by atoms with E-state index >= 15 is 0 Å². The van der Waals surface area contributed by atoms with Crippen molar-refractivity contribution in [2.45, 2.75) is 39.7 Å². The van der Waals surface area contributed by atoms with Crippen molar-refractivity contribution in [2.75, 3.05) is 19.8 Å². The summed E-state index contributed by atoms with van der Waals surface area (Å²) in [5.41, 5.74) is 6.57. The fourth-order valence-corrected chi connectivity index (χ4v) is 1.83. The second kappa shape index (κ2) is 8.93. The predicted molar refractivity (Wildman–Crippen MR) is 79.5 cm³/mol. The lowest BCUT2D eigenvalue weighted by Gasteiger charge is -2.13. The third kappa shape index (κ3) is 6.87. The highest BCUT2D eigenvalue weighted by atomic mass is 19.1. The Bertz CT molecular complexity index is 394. The van der Waals surface area contributed by atoms with Gasteiger partial charge >= 0.3 is 0 Å². The number of hydrogen-bond acceptors (Lipinski definition) is 3. The monoisotopic (exact) mass is 283 g/mol. The average molecular weight is 283 g/mol. The minimum absolute atomic E-state index is 0.0264. The molecular formula is C16H26FNO2. The quantitative estimate of drug-likeness (QED) is 0.708. The van der Waals surface area contributed by atoms with Crippen LogP contribution in [0.1, 0.15) is 32.8 Å². The van der Waals surface area contributed by atoms with Crippen LogP contribution in [0, 0.1) is 11.7 Å². The minimum atomic E-state index is -0.263. The molecule has 114 valence electrons. The average Bonchev–Trinajstić information content (AvgIpc) is 2.34. The van der Waals surface area contributed by atoms with Crippen molar-refractivity contribution >= 4 is 0 Å². The standard InChI is InChI=1S/C16H26FNO2/c1-12(2)6-7-19-8-9-20-16-5-4-15(17)11-14(16)10-13(3)18/h4-5,11-13H,6-10,18H2,1-3H3. The van der Waals surface area contributed by atoms with Crippen molar-refractivity contribution in [3.63, 3.8) is 0 Å². The number of halogens is 1. The van der Waals surface area contributed by atoms with Gasteiger partial charge in [0.2, 0.25) is 0 Å². The van der Waals surface area contributed by atoms with E-state index in [1.54, 1.807) is 6.07 Å². The highest BCUT2D eigenvalue weighted by Gasteiger charge is 2.08. The molecule has 20 heavy (non-hydrogen) atoms. The maximum absolute atomic E-state index is 13.2. The van der Waals surface area contributed by atoms with Crippen LogP contribution in [0.5, 0.6) is 5.75 Å². The molecule has 1 rings (SSSR count). The third-order valence-electron chi connectivity index (χ3n) is 2.89. The first-order valence-corrected chi connectivity index (χ1v) is 7.23. The predicted octanol–water partition coefficient (Wildman–Crippen LogP) is 3.16. The Balaban J connectivity index is 2.39. The van der Waals surface area contributed by atoms with Crippen LogP contribution in [0.2, 0.25) is 0 Å². The fourth-order valence-electron chi connectivity index (χ4n) is 1.83. The van der Waals surface area contributed by atoms with Gasteiger partial charge in [-0.25, -0.2) is 4.39 Å². The molecule has 1 aromatic rings. The maximum Gasteiger partial charge on any atom is 0.123 e. The van der Waals surface area contributed by atoms with Crippen molar-refractivity contribution < 1.29 is 13.9 Å². The molecule has 0 aliphatic heterocycles. The molecule has 0 aliphatic rings. The normalized spacial score (nSPS) is 12.7. The van der Waals surface area contributed by atoms with Gasteiger partial charge in [0.05, 0.1) is 6.61 Å². The van der Waals surface area contributed by atoms with Crippen LogP contribution < -0.4 is 10.5 Å². The van der Waals surface area contributed by atoms with E-state index in [0.29, 0.717) is 31.3 Å². The first-order chi connectivity index (χ1) is 9.49. The zero-order chi connectivity index (χ0) is 15.0. The Labute approximate surface area is 121 Å². The van der Waals surface area contributed by atoms with E-state index in [9.17, 15) is 4.39 Å². The van der Waals surface area contributed by atoms with Gasteiger partial charge < -0.3 is 15.2 Å². The molecule has 0 saturated carbocycles. The molecule has 0 radical (unpaired) electrons. The smallest absolute Gasteiger partial charge is 0.123 e. The Kier molecular flexibility index (Phi) is 7.55. The molecule has 4 heteroatoms. The highest BCUT2D eigenvalue weighted by molar-refractivity contribution is 5.34. The second-order valence-corrected chi connectivity index (χ2v) is 5.58. The fraction of sp³-hybridized carbons (Fsp3) is 0.625. The van der Waals surface area contributed by atoms with E-state index < -0.39 is 0 Å². The molecule has 0 aromatic heterocycles. The number of rotatable bonds is 9. The molecule has 3 nitrogen and oxygen atoms in total. The van der Waals surface area contributed by atoms with Gasteiger partial charge in [-0.2, -0.15) is 0 Å². The molecule has 0 saturated heterocycles. The van der Waals surface area contributed by atoms with Crippen molar-refractivity contribution in [3.05, 3.63) is 29.6 Å². The number of nitrogens with two attached hydrogens (primary N) is 1. The van der Waals surface area contributed by atoms with Crippen LogP contribution in [0.4, 0.5) is 4.39 Å². The SMILES string of the molecule is CC(C)CCOCCOc1ccc(F)cc1CC(C)N. The lowest BCUT2D eigenvalue weighted by Crippen LogP contribution is -2.19. The summed E-state index contributed by atoms with van der Waals surface area (Å²) in [6.07, 6.45) is 1.65. The van der Waals surface area contributed by atoms with Gasteiger partial charge in [0, 0.05) is 12.6 Å². The molecule has 0 bridgehead atoms. The Morgan fingerprint density at radius 3 is 2.55 bits per heavy atom. The van der Waals surface area contributed by atoms with Crippen LogP contribution in [0.15, 0.2) is 18.2 Å². The molecular weight excluding hydrogens is 257 g/mol. The van der Waals surface area contributed by atoms with Crippen molar-refractivity contribution in [1.29, 1.82) is 0 Å². The topological polar surface area (TPSA) is 44.5 Å². The Hall–Kier alpha value is -1.13. The molecule has 0 heterocycles. The van der Waals surface area contributed by atoms with Gasteiger partial charge in [0.15, 0.2) is 0 Å². The van der Waals surface area contributed by atoms with Gasteiger partial charge in [-0.15, -0.1) is 0 Å². The van der Waals surface area contributed by atoms with Crippen LogP contribution in [0.25, 0.3) is 0 Å². The maximum atomic E-state index is 13.2. The molecule has 2 N–H and O–H groups in total. The molecule has 0 amide bonds. The minimum Gasteiger partial charge on any atom is -0.491 e. The van der Waals surface area contributed by atoms with Crippen LogP contribution in [-0.2, 0) is 11.2 Å². The van der Waals surface area contributed by atoms with E-state index in [1.807, 2.05) is 6.92 Å².